The molecule has 5 heteroatoms. The second-order valence-electron chi connectivity index (χ2n) is 4.23. The number of hydrogen-bond donors (Lipinski definition) is 1. The third-order valence-electron chi connectivity index (χ3n) is 2.08. The van der Waals surface area contributed by atoms with E-state index in [4.69, 9.17) is 10.5 Å². The molecule has 0 heterocycles. The number of hydrogen-bond acceptors (Lipinski definition) is 4. The summed E-state index contributed by atoms with van der Waals surface area (Å²) in [6.07, 6.45) is 2.09. The van der Waals surface area contributed by atoms with E-state index in [1.807, 2.05) is 20.8 Å². The molecule has 0 amide bonds. The predicted octanol–water partition coefficient (Wildman–Crippen LogP) is 1.84. The maximum atomic E-state index is 11.3. The number of carbonyl (C=O) groups excluding carboxylic acids is 2. The minimum atomic E-state index is -0.433. The van der Waals surface area contributed by atoms with Gasteiger partial charge in [-0.2, -0.15) is 0 Å². The summed E-state index contributed by atoms with van der Waals surface area (Å²) in [5.41, 5.74) is 4.70. The van der Waals surface area contributed by atoms with Crippen LogP contribution in [0, 0.1) is 0 Å². The van der Waals surface area contributed by atoms with Crippen LogP contribution in [-0.2, 0) is 14.3 Å². The van der Waals surface area contributed by atoms with Crippen LogP contribution in [-0.4, -0.2) is 23.9 Å². The molecule has 0 radical (unpaired) electrons. The molecule has 0 saturated carbocycles. The Hall–Kier alpha value is -0.610. The minimum Gasteiger partial charge on any atom is -0.460 e. The summed E-state index contributed by atoms with van der Waals surface area (Å²) >= 11 is 0. The molecule has 96 valence electrons. The summed E-state index contributed by atoms with van der Waals surface area (Å²) in [6.45, 7) is 5.78. The Balaban J connectivity index is 0. The molecular weight excluding hydrogens is 230 g/mol. The number of Topliss-reactive ketones (excluding diaryl/α,β-unsaturated/α-hetero) is 1. The lowest BCUT2D eigenvalue weighted by Crippen LogP contribution is -2.28. The average Bonchev–Trinajstić information content (AvgIpc) is 2.13. The Morgan fingerprint density at radius 3 is 2.25 bits per heavy atom. The summed E-state index contributed by atoms with van der Waals surface area (Å²) in [6, 6.07) is 0. The Labute approximate surface area is 103 Å². The lowest BCUT2D eigenvalue weighted by molar-refractivity contribution is -0.157. The normalized spacial score (nSPS) is 10.5. The maximum Gasteiger partial charge on any atom is 0.306 e. The number of ketones is 1. The summed E-state index contributed by atoms with van der Waals surface area (Å²) < 4.78 is 5.24. The van der Waals surface area contributed by atoms with Crippen LogP contribution in [0.5, 0.6) is 0 Å². The van der Waals surface area contributed by atoms with E-state index in [-0.39, 0.29) is 43.5 Å². The fourth-order valence-corrected chi connectivity index (χ4v) is 1.36. The first-order valence-corrected chi connectivity index (χ1v) is 5.35. The largest absolute Gasteiger partial charge is 0.460 e. The second kappa shape index (κ2) is 8.53. The Morgan fingerprint density at radius 1 is 1.25 bits per heavy atom. The van der Waals surface area contributed by atoms with Crippen LogP contribution in [0.15, 0.2) is 0 Å². The highest BCUT2D eigenvalue weighted by Crippen LogP contribution is 2.17. The molecule has 0 spiro atoms. The number of nitrogens with two attached hydrogens (primary N) is 1. The van der Waals surface area contributed by atoms with Crippen molar-refractivity contribution < 1.29 is 14.3 Å². The zero-order valence-electron chi connectivity index (χ0n) is 10.2. The van der Waals surface area contributed by atoms with Gasteiger partial charge in [0.05, 0.1) is 13.0 Å². The zero-order chi connectivity index (χ0) is 11.9. The van der Waals surface area contributed by atoms with Crippen molar-refractivity contribution in [3.05, 3.63) is 0 Å². The van der Waals surface area contributed by atoms with Gasteiger partial charge in [0.2, 0.25) is 0 Å². The van der Waals surface area contributed by atoms with Crippen molar-refractivity contribution in [2.24, 2.45) is 5.73 Å². The van der Waals surface area contributed by atoms with Gasteiger partial charge in [0.25, 0.3) is 0 Å². The van der Waals surface area contributed by atoms with E-state index in [1.165, 1.54) is 0 Å². The second-order valence-corrected chi connectivity index (χ2v) is 4.23. The molecular formula is C11H22ClNO3. The highest BCUT2D eigenvalue weighted by atomic mass is 35.5. The molecule has 0 bridgehead atoms. The van der Waals surface area contributed by atoms with E-state index in [2.05, 4.69) is 0 Å². The molecule has 16 heavy (non-hydrogen) atoms. The van der Waals surface area contributed by atoms with Gasteiger partial charge in [0, 0.05) is 6.42 Å². The van der Waals surface area contributed by atoms with Crippen molar-refractivity contribution in [3.63, 3.8) is 0 Å². The van der Waals surface area contributed by atoms with E-state index in [9.17, 15) is 9.59 Å². The van der Waals surface area contributed by atoms with E-state index >= 15 is 0 Å². The molecule has 0 aliphatic carbocycles. The number of halogens is 1. The minimum absolute atomic E-state index is 0. The third kappa shape index (κ3) is 8.68. The number of ether oxygens (including phenoxy) is 1. The van der Waals surface area contributed by atoms with Crippen molar-refractivity contribution in [3.8, 4) is 0 Å². The Kier molecular flexibility index (Phi) is 9.48. The van der Waals surface area contributed by atoms with Crippen LogP contribution in [0.25, 0.3) is 0 Å². The van der Waals surface area contributed by atoms with Crippen molar-refractivity contribution in [2.45, 2.75) is 52.1 Å². The monoisotopic (exact) mass is 251 g/mol. The molecule has 0 aromatic carbocycles. The van der Waals surface area contributed by atoms with Crippen LogP contribution in [0.3, 0.4) is 0 Å². The summed E-state index contributed by atoms with van der Waals surface area (Å²) in [5, 5.41) is 0. The average molecular weight is 252 g/mol. The van der Waals surface area contributed by atoms with Crippen molar-refractivity contribution in [1.29, 1.82) is 0 Å². The molecule has 0 aliphatic rings. The molecule has 0 aromatic heterocycles. The molecule has 0 aliphatic heterocycles. The van der Waals surface area contributed by atoms with E-state index in [0.29, 0.717) is 0 Å². The van der Waals surface area contributed by atoms with Gasteiger partial charge in [-0.3, -0.25) is 9.59 Å². The maximum absolute atomic E-state index is 11.3. The van der Waals surface area contributed by atoms with Gasteiger partial charge in [-0.05, 0) is 20.3 Å². The molecule has 0 rings (SSSR count). The van der Waals surface area contributed by atoms with Crippen molar-refractivity contribution >= 4 is 24.2 Å². The highest BCUT2D eigenvalue weighted by molar-refractivity contribution is 5.85. The quantitative estimate of drug-likeness (QED) is 0.701. The lowest BCUT2D eigenvalue weighted by Gasteiger charge is -2.24. The first-order valence-electron chi connectivity index (χ1n) is 5.35. The van der Waals surface area contributed by atoms with E-state index in [0.717, 1.165) is 12.8 Å². The predicted molar refractivity (Wildman–Crippen MR) is 65.6 cm³/mol. The molecule has 0 atom stereocenters. The molecule has 0 unspecified atom stereocenters. The van der Waals surface area contributed by atoms with E-state index in [1.54, 1.807) is 0 Å². The summed E-state index contributed by atoms with van der Waals surface area (Å²) in [4.78, 5) is 22.2. The standard InChI is InChI=1S/C11H21NO3.ClH/c1-4-7-11(2,3)15-10(14)6-5-9(13)8-12;/h4-8,12H2,1-3H3;1H. The fraction of sp³-hybridized carbons (Fsp3) is 0.818. The summed E-state index contributed by atoms with van der Waals surface area (Å²) in [5.74, 6) is -0.435. The van der Waals surface area contributed by atoms with Gasteiger partial charge in [-0.25, -0.2) is 0 Å². The lowest BCUT2D eigenvalue weighted by atomic mass is 10.0. The smallest absolute Gasteiger partial charge is 0.306 e. The first kappa shape index (κ1) is 17.8. The first-order chi connectivity index (χ1) is 6.91. The summed E-state index contributed by atoms with van der Waals surface area (Å²) in [7, 11) is 0. The Bertz CT molecular complexity index is 229. The third-order valence-corrected chi connectivity index (χ3v) is 2.08. The van der Waals surface area contributed by atoms with Crippen LogP contribution >= 0.6 is 12.4 Å². The zero-order valence-corrected chi connectivity index (χ0v) is 11.1. The van der Waals surface area contributed by atoms with Gasteiger partial charge in [0.15, 0.2) is 0 Å². The molecule has 4 nitrogen and oxygen atoms in total. The number of rotatable bonds is 7. The van der Waals surface area contributed by atoms with Crippen LogP contribution < -0.4 is 5.73 Å². The molecule has 0 fully saturated rings. The molecule has 0 aromatic rings. The van der Waals surface area contributed by atoms with Gasteiger partial charge in [-0.15, -0.1) is 12.4 Å². The molecule has 2 N–H and O–H groups in total. The van der Waals surface area contributed by atoms with Gasteiger partial charge in [0.1, 0.15) is 11.4 Å². The SMILES string of the molecule is CCCC(C)(C)OC(=O)CCC(=O)CN.Cl. The molecule has 0 saturated heterocycles. The Morgan fingerprint density at radius 2 is 1.81 bits per heavy atom. The van der Waals surface area contributed by atoms with Crippen molar-refractivity contribution in [2.75, 3.05) is 6.54 Å². The topological polar surface area (TPSA) is 69.4 Å². The van der Waals surface area contributed by atoms with Crippen LogP contribution in [0.1, 0.15) is 46.5 Å². The van der Waals surface area contributed by atoms with Crippen LogP contribution in [0.2, 0.25) is 0 Å². The fourth-order valence-electron chi connectivity index (χ4n) is 1.36. The van der Waals surface area contributed by atoms with Crippen LogP contribution in [0.4, 0.5) is 0 Å². The number of esters is 1. The van der Waals surface area contributed by atoms with Crippen molar-refractivity contribution in [1.82, 2.24) is 0 Å². The number of carbonyl (C=O) groups is 2. The van der Waals surface area contributed by atoms with Gasteiger partial charge >= 0.3 is 5.97 Å². The van der Waals surface area contributed by atoms with Gasteiger partial charge in [-0.1, -0.05) is 13.3 Å². The highest BCUT2D eigenvalue weighted by Gasteiger charge is 2.21. The van der Waals surface area contributed by atoms with Gasteiger partial charge < -0.3 is 10.5 Å². The van der Waals surface area contributed by atoms with E-state index < -0.39 is 5.60 Å².